The van der Waals surface area contributed by atoms with Crippen LogP contribution in [0.25, 0.3) is 6.08 Å². The first-order valence-corrected chi connectivity index (χ1v) is 6.20. The van der Waals surface area contributed by atoms with Crippen molar-refractivity contribution in [2.75, 3.05) is 5.75 Å². The molecule has 0 nitrogen and oxygen atoms in total. The summed E-state index contributed by atoms with van der Waals surface area (Å²) in [5.41, 5.74) is 0. The lowest BCUT2D eigenvalue weighted by atomic mass is 10.4. The van der Waals surface area contributed by atoms with Gasteiger partial charge in [-0.25, -0.2) is 0 Å². The van der Waals surface area contributed by atoms with Gasteiger partial charge in [-0.05, 0) is 17.5 Å². The number of hydrogen-bond donors (Lipinski definition) is 0. The molecule has 0 aliphatic carbocycles. The second-order valence-corrected chi connectivity index (χ2v) is 5.25. The van der Waals surface area contributed by atoms with Gasteiger partial charge in [-0.2, -0.15) is 0 Å². The maximum absolute atomic E-state index is 2.22. The first kappa shape index (κ1) is 6.83. The quantitative estimate of drug-likeness (QED) is 0.569. The lowest BCUT2D eigenvalue weighted by Crippen LogP contribution is -1.59. The maximum Gasteiger partial charge on any atom is 0.0412 e. The molecular formula is C7H6S3. The monoisotopic (exact) mass is 186 g/mol. The van der Waals surface area contributed by atoms with E-state index in [1.165, 1.54) is 9.77 Å². The molecule has 52 valence electrons. The molecule has 1 aliphatic rings. The van der Waals surface area contributed by atoms with Gasteiger partial charge in [0.15, 0.2) is 0 Å². The van der Waals surface area contributed by atoms with Gasteiger partial charge in [-0.1, -0.05) is 27.7 Å². The molecule has 0 spiro atoms. The Kier molecular flexibility index (Phi) is 2.07. The fourth-order valence-electron chi connectivity index (χ4n) is 0.792. The lowest BCUT2D eigenvalue weighted by Gasteiger charge is -1.90. The summed E-state index contributed by atoms with van der Waals surface area (Å²) in [4.78, 5) is 2.83. The van der Waals surface area contributed by atoms with Crippen LogP contribution < -0.4 is 0 Å². The zero-order chi connectivity index (χ0) is 6.81. The fraction of sp³-hybridized carbons (Fsp3) is 0.143. The molecule has 10 heavy (non-hydrogen) atoms. The van der Waals surface area contributed by atoms with Crippen molar-refractivity contribution < 1.29 is 0 Å². The van der Waals surface area contributed by atoms with Gasteiger partial charge >= 0.3 is 0 Å². The molecule has 1 aliphatic heterocycles. The summed E-state index contributed by atoms with van der Waals surface area (Å²) in [6, 6.07) is 2.19. The van der Waals surface area contributed by atoms with Gasteiger partial charge in [-0.15, -0.1) is 11.3 Å². The van der Waals surface area contributed by atoms with E-state index >= 15 is 0 Å². The highest BCUT2D eigenvalue weighted by Gasteiger charge is 2.03. The minimum Gasteiger partial charge on any atom is -0.143 e. The predicted octanol–water partition coefficient (Wildman–Crippen LogP) is 3.52. The maximum atomic E-state index is 2.22. The van der Waals surface area contributed by atoms with Gasteiger partial charge in [0.25, 0.3) is 0 Å². The van der Waals surface area contributed by atoms with Gasteiger partial charge in [-0.3, -0.25) is 0 Å². The van der Waals surface area contributed by atoms with Gasteiger partial charge in [0, 0.05) is 15.5 Å². The van der Waals surface area contributed by atoms with Crippen LogP contribution in [-0.4, -0.2) is 5.75 Å². The molecule has 1 aromatic heterocycles. The van der Waals surface area contributed by atoms with Crippen LogP contribution in [0.5, 0.6) is 0 Å². The van der Waals surface area contributed by atoms with Crippen molar-refractivity contribution in [2.24, 2.45) is 0 Å². The summed E-state index contributed by atoms with van der Waals surface area (Å²) < 4.78 is 0. The van der Waals surface area contributed by atoms with E-state index in [9.17, 15) is 0 Å². The highest BCUT2D eigenvalue weighted by molar-refractivity contribution is 8.76. The number of fused-ring (bicyclic) bond motifs is 1. The average Bonchev–Trinajstić information content (AvgIpc) is 2.28. The summed E-state index contributed by atoms with van der Waals surface area (Å²) in [6.45, 7) is 0. The van der Waals surface area contributed by atoms with E-state index in [0.29, 0.717) is 0 Å². The summed E-state index contributed by atoms with van der Waals surface area (Å²) in [6.07, 6.45) is 4.44. The smallest absolute Gasteiger partial charge is 0.0412 e. The molecular weight excluding hydrogens is 180 g/mol. The molecule has 0 atom stereocenters. The normalized spacial score (nSPS) is 16.4. The fourth-order valence-corrected chi connectivity index (χ4v) is 3.92. The minimum atomic E-state index is 1.13. The number of rotatable bonds is 0. The van der Waals surface area contributed by atoms with Crippen molar-refractivity contribution in [3.8, 4) is 0 Å². The van der Waals surface area contributed by atoms with Gasteiger partial charge in [0.2, 0.25) is 0 Å². The van der Waals surface area contributed by atoms with Crippen LogP contribution in [0.2, 0.25) is 0 Å². The Morgan fingerprint density at radius 1 is 1.40 bits per heavy atom. The minimum absolute atomic E-state index is 1.13. The summed E-state index contributed by atoms with van der Waals surface area (Å²) in [5, 5.41) is 2.15. The molecule has 0 saturated carbocycles. The third kappa shape index (κ3) is 1.26. The average molecular weight is 186 g/mol. The third-order valence-corrected chi connectivity index (χ3v) is 4.53. The van der Waals surface area contributed by atoms with E-state index in [0.717, 1.165) is 5.75 Å². The first-order chi connectivity index (χ1) is 4.97. The van der Waals surface area contributed by atoms with Crippen LogP contribution in [-0.2, 0) is 0 Å². The highest BCUT2D eigenvalue weighted by Crippen LogP contribution is 2.38. The van der Waals surface area contributed by atoms with Crippen LogP contribution in [0.4, 0.5) is 0 Å². The molecule has 0 unspecified atom stereocenters. The topological polar surface area (TPSA) is 0 Å². The molecule has 2 rings (SSSR count). The summed E-state index contributed by atoms with van der Waals surface area (Å²) in [7, 11) is 3.78. The number of thiophene rings is 1. The summed E-state index contributed by atoms with van der Waals surface area (Å²) >= 11 is 1.82. The summed E-state index contributed by atoms with van der Waals surface area (Å²) in [5.74, 6) is 1.13. The van der Waals surface area contributed by atoms with Crippen molar-refractivity contribution in [2.45, 2.75) is 4.90 Å². The van der Waals surface area contributed by atoms with Gasteiger partial charge in [0.05, 0.1) is 0 Å². The van der Waals surface area contributed by atoms with Crippen molar-refractivity contribution in [3.63, 3.8) is 0 Å². The van der Waals surface area contributed by atoms with Crippen LogP contribution in [0, 0.1) is 0 Å². The van der Waals surface area contributed by atoms with Crippen molar-refractivity contribution in [1.82, 2.24) is 0 Å². The Morgan fingerprint density at radius 2 is 2.40 bits per heavy atom. The van der Waals surface area contributed by atoms with Crippen LogP contribution in [0.1, 0.15) is 4.88 Å². The molecule has 0 N–H and O–H groups in total. The molecule has 0 aromatic carbocycles. The van der Waals surface area contributed by atoms with Crippen LogP contribution >= 0.6 is 32.9 Å². The van der Waals surface area contributed by atoms with Gasteiger partial charge < -0.3 is 0 Å². The van der Waals surface area contributed by atoms with Crippen molar-refractivity contribution in [1.29, 1.82) is 0 Å². The highest BCUT2D eigenvalue weighted by atomic mass is 33.1. The van der Waals surface area contributed by atoms with Crippen molar-refractivity contribution >= 4 is 39.0 Å². The molecule has 0 radical (unpaired) electrons. The Labute approximate surface area is 72.1 Å². The lowest BCUT2D eigenvalue weighted by molar-refractivity contribution is 1.57. The van der Waals surface area contributed by atoms with E-state index in [4.69, 9.17) is 0 Å². The Hall–Kier alpha value is 0.140. The Balaban J connectivity index is 2.42. The van der Waals surface area contributed by atoms with E-state index < -0.39 is 0 Å². The molecule has 0 saturated heterocycles. The Bertz CT molecular complexity index is 249. The van der Waals surface area contributed by atoms with Gasteiger partial charge in [0.1, 0.15) is 0 Å². The van der Waals surface area contributed by atoms with E-state index in [1.807, 2.05) is 32.9 Å². The second kappa shape index (κ2) is 3.03. The number of hydrogen-bond acceptors (Lipinski definition) is 3. The zero-order valence-electron chi connectivity index (χ0n) is 5.24. The van der Waals surface area contributed by atoms with Crippen LogP contribution in [0.15, 0.2) is 22.4 Å². The predicted molar refractivity (Wildman–Crippen MR) is 51.7 cm³/mol. The van der Waals surface area contributed by atoms with E-state index in [-0.39, 0.29) is 0 Å². The first-order valence-electron chi connectivity index (χ1n) is 3.00. The van der Waals surface area contributed by atoms with Crippen LogP contribution in [0.3, 0.4) is 0 Å². The van der Waals surface area contributed by atoms with Crippen molar-refractivity contribution in [3.05, 3.63) is 22.4 Å². The molecule has 0 bridgehead atoms. The van der Waals surface area contributed by atoms with E-state index in [1.54, 1.807) is 0 Å². The molecule has 3 heteroatoms. The Morgan fingerprint density at radius 3 is 3.40 bits per heavy atom. The van der Waals surface area contributed by atoms with E-state index in [2.05, 4.69) is 23.6 Å². The molecule has 1 aromatic rings. The molecule has 0 fully saturated rings. The molecule has 0 amide bonds. The SMILES string of the molecule is C1=Cc2sccc2SSC1. The largest absolute Gasteiger partial charge is 0.143 e. The standard InChI is InChI=1S/C7H6S3/c1-2-6-7(3-5-8-6)10-9-4-1/h1-3,5H,4H2. The molecule has 2 heterocycles. The third-order valence-electron chi connectivity index (χ3n) is 1.24. The second-order valence-electron chi connectivity index (χ2n) is 1.92. The zero-order valence-corrected chi connectivity index (χ0v) is 7.69.